The molecule has 2 fully saturated rings. The summed E-state index contributed by atoms with van der Waals surface area (Å²) >= 11 is 0. The minimum absolute atomic E-state index is 0.0338. The van der Waals surface area contributed by atoms with Crippen LogP contribution in [0.4, 0.5) is 8.78 Å². The number of likely N-dealkylation sites (tertiary alicyclic amines) is 2. The van der Waals surface area contributed by atoms with Crippen molar-refractivity contribution < 1.29 is 8.78 Å². The van der Waals surface area contributed by atoms with Crippen LogP contribution in [0.3, 0.4) is 0 Å². The zero-order valence-corrected chi connectivity index (χ0v) is 14.0. The molecule has 0 spiro atoms. The fraction of sp³-hybridized carbons (Fsp3) is 1.00. The van der Waals surface area contributed by atoms with E-state index in [0.717, 1.165) is 44.4 Å². The van der Waals surface area contributed by atoms with Gasteiger partial charge in [0.05, 0.1) is 6.54 Å². The number of alkyl halides is 2. The second kappa shape index (κ2) is 7.36. The van der Waals surface area contributed by atoms with E-state index in [2.05, 4.69) is 25.7 Å². The Bertz CT molecular complexity index is 312. The second-order valence-corrected chi connectivity index (χ2v) is 7.40. The fourth-order valence-corrected chi connectivity index (χ4v) is 3.90. The van der Waals surface area contributed by atoms with E-state index < -0.39 is 11.8 Å². The van der Waals surface area contributed by atoms with Crippen molar-refractivity contribution in [2.24, 2.45) is 17.8 Å². The van der Waals surface area contributed by atoms with Gasteiger partial charge in [-0.25, -0.2) is 8.78 Å². The van der Waals surface area contributed by atoms with Gasteiger partial charge in [0.1, 0.15) is 0 Å². The first-order valence-corrected chi connectivity index (χ1v) is 8.75. The molecule has 1 unspecified atom stereocenters. The van der Waals surface area contributed by atoms with E-state index in [1.54, 1.807) is 0 Å². The van der Waals surface area contributed by atoms with Crippen molar-refractivity contribution in [3.8, 4) is 0 Å². The first kappa shape index (κ1) is 17.1. The summed E-state index contributed by atoms with van der Waals surface area (Å²) < 4.78 is 28.7. The highest BCUT2D eigenvalue weighted by atomic mass is 19.3. The van der Waals surface area contributed by atoms with Crippen molar-refractivity contribution in [1.82, 2.24) is 9.80 Å². The summed E-state index contributed by atoms with van der Waals surface area (Å²) in [6.45, 7) is 10.8. The van der Waals surface area contributed by atoms with Crippen molar-refractivity contribution in [2.45, 2.75) is 52.4 Å². The van der Waals surface area contributed by atoms with E-state index in [4.69, 9.17) is 0 Å². The summed E-state index contributed by atoms with van der Waals surface area (Å²) in [5.41, 5.74) is 0. The highest BCUT2D eigenvalue weighted by Crippen LogP contribution is 2.34. The predicted octanol–water partition coefficient (Wildman–Crippen LogP) is 3.72. The molecular formula is C17H32F2N2. The molecule has 0 saturated carbocycles. The van der Waals surface area contributed by atoms with Gasteiger partial charge in [0.15, 0.2) is 0 Å². The Morgan fingerprint density at radius 2 is 1.67 bits per heavy atom. The van der Waals surface area contributed by atoms with Crippen LogP contribution in [0.5, 0.6) is 0 Å². The van der Waals surface area contributed by atoms with Crippen LogP contribution in [0.25, 0.3) is 0 Å². The second-order valence-electron chi connectivity index (χ2n) is 7.40. The molecule has 0 bridgehead atoms. The van der Waals surface area contributed by atoms with Crippen LogP contribution in [0.15, 0.2) is 0 Å². The predicted molar refractivity (Wildman–Crippen MR) is 83.8 cm³/mol. The summed E-state index contributed by atoms with van der Waals surface area (Å²) in [7, 11) is 0. The molecule has 124 valence electrons. The Morgan fingerprint density at radius 3 is 2.19 bits per heavy atom. The maximum Gasteiger partial charge on any atom is 0.264 e. The molecule has 0 aliphatic carbocycles. The lowest BCUT2D eigenvalue weighted by Gasteiger charge is -2.42. The monoisotopic (exact) mass is 302 g/mol. The molecule has 2 nitrogen and oxygen atoms in total. The Balaban J connectivity index is 1.81. The van der Waals surface area contributed by atoms with E-state index in [9.17, 15) is 8.78 Å². The van der Waals surface area contributed by atoms with Crippen LogP contribution >= 0.6 is 0 Å². The lowest BCUT2D eigenvalue weighted by Crippen LogP contribution is -2.52. The van der Waals surface area contributed by atoms with Crippen LogP contribution in [0.2, 0.25) is 0 Å². The lowest BCUT2D eigenvalue weighted by molar-refractivity contribution is -0.119. The van der Waals surface area contributed by atoms with Gasteiger partial charge in [-0.15, -0.1) is 0 Å². The van der Waals surface area contributed by atoms with Crippen LogP contribution < -0.4 is 0 Å². The van der Waals surface area contributed by atoms with E-state index in [1.165, 1.54) is 12.8 Å². The third-order valence-electron chi connectivity index (χ3n) is 5.42. The Hall–Kier alpha value is -0.220. The molecule has 2 rings (SSSR count). The molecule has 0 amide bonds. The van der Waals surface area contributed by atoms with Gasteiger partial charge in [-0.05, 0) is 63.7 Å². The Kier molecular flexibility index (Phi) is 6.01. The molecule has 21 heavy (non-hydrogen) atoms. The fourth-order valence-electron chi connectivity index (χ4n) is 3.90. The van der Waals surface area contributed by atoms with Gasteiger partial charge < -0.3 is 4.90 Å². The zero-order chi connectivity index (χ0) is 15.5. The normalized spacial score (nSPS) is 29.1. The third kappa shape index (κ3) is 4.62. The van der Waals surface area contributed by atoms with Crippen LogP contribution in [-0.4, -0.2) is 55.0 Å². The largest absolute Gasteiger partial charge is 0.303 e. The highest BCUT2D eigenvalue weighted by molar-refractivity contribution is 4.89. The molecule has 1 atom stereocenters. The molecule has 0 N–H and O–H groups in total. The molecule has 0 aromatic carbocycles. The lowest BCUT2D eigenvalue weighted by atomic mass is 9.85. The Labute approximate surface area is 128 Å². The molecule has 2 saturated heterocycles. The molecule has 0 radical (unpaired) electrons. The maximum atomic E-state index is 14.3. The smallest absolute Gasteiger partial charge is 0.264 e. The summed E-state index contributed by atoms with van der Waals surface area (Å²) in [6, 6.07) is 0. The topological polar surface area (TPSA) is 6.48 Å². The van der Waals surface area contributed by atoms with Crippen LogP contribution in [0, 0.1) is 17.8 Å². The van der Waals surface area contributed by atoms with Gasteiger partial charge in [-0.1, -0.05) is 20.8 Å². The van der Waals surface area contributed by atoms with E-state index in [0.29, 0.717) is 13.0 Å². The van der Waals surface area contributed by atoms with Crippen molar-refractivity contribution in [1.29, 1.82) is 0 Å². The minimum atomic E-state index is -2.51. The maximum absolute atomic E-state index is 14.3. The summed E-state index contributed by atoms with van der Waals surface area (Å²) in [5.74, 6) is -1.44. The van der Waals surface area contributed by atoms with Crippen molar-refractivity contribution in [3.05, 3.63) is 0 Å². The SMILES string of the molecule is CCCN1CCC(CN2CCC(C(C)C)CC2)C(F)(F)C1. The standard InChI is InChI=1S/C17H32F2N2/c1-4-8-21-11-7-16(17(18,19)13-21)12-20-9-5-15(6-10-20)14(2)3/h14-16H,4-13H2,1-3H3. The summed E-state index contributed by atoms with van der Waals surface area (Å²) in [6.07, 6.45) is 3.97. The number of piperidine rings is 2. The first-order chi connectivity index (χ1) is 9.92. The van der Waals surface area contributed by atoms with Gasteiger partial charge in [-0.3, -0.25) is 4.90 Å². The van der Waals surface area contributed by atoms with Gasteiger partial charge in [0, 0.05) is 12.5 Å². The molecule has 2 aliphatic heterocycles. The highest BCUT2D eigenvalue weighted by Gasteiger charge is 2.44. The van der Waals surface area contributed by atoms with Gasteiger partial charge >= 0.3 is 0 Å². The van der Waals surface area contributed by atoms with Gasteiger partial charge in [0.2, 0.25) is 0 Å². The van der Waals surface area contributed by atoms with Crippen LogP contribution in [-0.2, 0) is 0 Å². The minimum Gasteiger partial charge on any atom is -0.303 e. The van der Waals surface area contributed by atoms with Gasteiger partial charge in [-0.2, -0.15) is 0 Å². The Morgan fingerprint density at radius 1 is 1.05 bits per heavy atom. The third-order valence-corrected chi connectivity index (χ3v) is 5.42. The number of rotatable bonds is 5. The van der Waals surface area contributed by atoms with Crippen molar-refractivity contribution in [2.75, 3.05) is 39.3 Å². The van der Waals surface area contributed by atoms with E-state index in [-0.39, 0.29) is 6.54 Å². The average Bonchev–Trinajstić information content (AvgIpc) is 2.42. The summed E-state index contributed by atoms with van der Waals surface area (Å²) in [5, 5.41) is 0. The number of halogens is 2. The van der Waals surface area contributed by atoms with E-state index in [1.807, 2.05) is 4.90 Å². The molecule has 0 aromatic heterocycles. The quantitative estimate of drug-likeness (QED) is 0.763. The molecule has 2 aliphatic rings. The van der Waals surface area contributed by atoms with Gasteiger partial charge in [0.25, 0.3) is 5.92 Å². The average molecular weight is 302 g/mol. The van der Waals surface area contributed by atoms with Crippen molar-refractivity contribution >= 4 is 0 Å². The first-order valence-electron chi connectivity index (χ1n) is 8.75. The summed E-state index contributed by atoms with van der Waals surface area (Å²) in [4.78, 5) is 4.22. The van der Waals surface area contributed by atoms with E-state index >= 15 is 0 Å². The molecular weight excluding hydrogens is 270 g/mol. The van der Waals surface area contributed by atoms with Crippen LogP contribution in [0.1, 0.15) is 46.5 Å². The molecule has 0 aromatic rings. The number of hydrogen-bond acceptors (Lipinski definition) is 2. The van der Waals surface area contributed by atoms with Crippen molar-refractivity contribution in [3.63, 3.8) is 0 Å². The molecule has 2 heterocycles. The number of hydrogen-bond donors (Lipinski definition) is 0. The molecule has 4 heteroatoms. The number of nitrogens with zero attached hydrogens (tertiary/aromatic N) is 2. The zero-order valence-electron chi connectivity index (χ0n) is 14.0.